The van der Waals surface area contributed by atoms with Gasteiger partial charge in [0, 0.05) is 10.8 Å². The van der Waals surface area contributed by atoms with Crippen LogP contribution in [0.25, 0.3) is 122 Å². The van der Waals surface area contributed by atoms with Crippen LogP contribution < -0.4 is 0 Å². The van der Waals surface area contributed by atoms with Gasteiger partial charge >= 0.3 is 0 Å². The molecule has 0 nitrogen and oxygen atoms in total. The summed E-state index contributed by atoms with van der Waals surface area (Å²) in [5.41, 5.74) is 31.4. The summed E-state index contributed by atoms with van der Waals surface area (Å²) in [7, 11) is 0. The first-order chi connectivity index (χ1) is 44.5. The zero-order chi connectivity index (χ0) is 59.1. The summed E-state index contributed by atoms with van der Waals surface area (Å²) in [6, 6.07) is 118. The van der Waals surface area contributed by atoms with Gasteiger partial charge < -0.3 is 0 Å². The normalized spacial score (nSPS) is 14.2. The molecule has 0 aliphatic heterocycles. The Balaban J connectivity index is 0.802. The first-order valence-electron chi connectivity index (χ1n) is 32.0. The highest BCUT2D eigenvalue weighted by atomic mass is 14.5. The van der Waals surface area contributed by atoms with Crippen molar-refractivity contribution in [1.29, 1.82) is 0 Å². The summed E-state index contributed by atoms with van der Waals surface area (Å²) in [4.78, 5) is 0. The predicted molar refractivity (Wildman–Crippen MR) is 378 cm³/mol. The number of fused-ring (bicyclic) bond motifs is 16. The molecule has 0 amide bonds. The standard InChI is InChI=1S/C90H60/c1-3-19-58(20-4-1)82(59-21-5-2-6-22-59)43-57-35-37-60(38-36-57)87-78-29-11-13-31-80(78)88(81-32-14-12-30-79(81)87)69-49-67(65-39-41-76-74-27-15-17-33-83(74)89(85(76)51-65)53-70-44-61-23-7-8-24-62(61)45-71(70)54-89)48-68(50-69)66-40-42-77-75-28-16-18-34-84(75)90(86(77)52-66)55-72-46-63-25-9-10-26-64(63)47-73(72)56-90/h1-52H,53-56H2. The largest absolute Gasteiger partial charge is 0.0622 e. The molecule has 15 aromatic carbocycles. The Labute approximate surface area is 525 Å². The van der Waals surface area contributed by atoms with Gasteiger partial charge in [-0.2, -0.15) is 0 Å². The maximum absolute atomic E-state index is 2.60. The highest BCUT2D eigenvalue weighted by Gasteiger charge is 2.49. The van der Waals surface area contributed by atoms with E-state index in [1.807, 2.05) is 0 Å². The van der Waals surface area contributed by atoms with Gasteiger partial charge in [0.25, 0.3) is 0 Å². The van der Waals surface area contributed by atoms with Gasteiger partial charge in [-0.3, -0.25) is 0 Å². The monoisotopic (exact) mass is 1140 g/mol. The average molecular weight is 1140 g/mol. The summed E-state index contributed by atoms with van der Waals surface area (Å²) in [5, 5.41) is 10.3. The first kappa shape index (κ1) is 51.2. The highest BCUT2D eigenvalue weighted by Crippen LogP contribution is 2.59. The van der Waals surface area contributed by atoms with Gasteiger partial charge in [-0.15, -0.1) is 0 Å². The van der Waals surface area contributed by atoms with Crippen LogP contribution in [0.1, 0.15) is 61.2 Å². The summed E-state index contributed by atoms with van der Waals surface area (Å²) >= 11 is 0. The van der Waals surface area contributed by atoms with Gasteiger partial charge in [-0.25, -0.2) is 0 Å². The van der Waals surface area contributed by atoms with Crippen molar-refractivity contribution in [3.63, 3.8) is 0 Å². The van der Waals surface area contributed by atoms with Gasteiger partial charge in [0.1, 0.15) is 0 Å². The number of rotatable bonds is 7. The minimum Gasteiger partial charge on any atom is -0.0622 e. The first-order valence-corrected chi connectivity index (χ1v) is 32.0. The third kappa shape index (κ3) is 7.81. The molecule has 0 radical (unpaired) electrons. The van der Waals surface area contributed by atoms with Crippen LogP contribution in [0, 0.1) is 0 Å². The van der Waals surface area contributed by atoms with E-state index in [2.05, 4.69) is 315 Å². The topological polar surface area (TPSA) is 0 Å². The Kier molecular flexibility index (Phi) is 11.3. The molecular formula is C90H60. The molecule has 90 heavy (non-hydrogen) atoms. The second kappa shape index (κ2) is 19.8. The summed E-state index contributed by atoms with van der Waals surface area (Å²) < 4.78 is 0. The Morgan fingerprint density at radius 3 is 1.00 bits per heavy atom. The number of hydrogen-bond acceptors (Lipinski definition) is 0. The number of benzene rings is 15. The maximum atomic E-state index is 2.60. The molecule has 4 aliphatic carbocycles. The van der Waals surface area contributed by atoms with E-state index in [1.54, 1.807) is 0 Å². The van der Waals surface area contributed by atoms with Crippen molar-refractivity contribution in [1.82, 2.24) is 0 Å². The molecule has 0 heteroatoms. The molecule has 0 aromatic heterocycles. The molecule has 0 bridgehead atoms. The Morgan fingerprint density at radius 2 is 0.578 bits per heavy atom. The lowest BCUT2D eigenvalue weighted by molar-refractivity contribution is 0.564. The molecule has 2 spiro atoms. The fourth-order valence-electron chi connectivity index (χ4n) is 17.1. The van der Waals surface area contributed by atoms with E-state index in [9.17, 15) is 0 Å². The molecule has 0 N–H and O–H groups in total. The van der Waals surface area contributed by atoms with Crippen LogP contribution in [-0.2, 0) is 36.5 Å². The Morgan fingerprint density at radius 1 is 0.244 bits per heavy atom. The molecule has 0 saturated heterocycles. The van der Waals surface area contributed by atoms with Crippen LogP contribution in [0.15, 0.2) is 309 Å². The van der Waals surface area contributed by atoms with Crippen molar-refractivity contribution in [2.75, 3.05) is 0 Å². The summed E-state index contributed by atoms with van der Waals surface area (Å²) in [5.74, 6) is 0. The summed E-state index contributed by atoms with van der Waals surface area (Å²) in [6.45, 7) is 0. The van der Waals surface area contributed by atoms with E-state index < -0.39 is 0 Å². The zero-order valence-electron chi connectivity index (χ0n) is 49.9. The van der Waals surface area contributed by atoms with Crippen molar-refractivity contribution in [3.05, 3.63) is 371 Å². The van der Waals surface area contributed by atoms with Crippen LogP contribution in [0.4, 0.5) is 0 Å². The van der Waals surface area contributed by atoms with Crippen LogP contribution in [0.2, 0.25) is 0 Å². The highest BCUT2D eigenvalue weighted by molar-refractivity contribution is 6.22. The predicted octanol–water partition coefficient (Wildman–Crippen LogP) is 22.7. The maximum Gasteiger partial charge on any atom is 0.0296 e. The third-order valence-electron chi connectivity index (χ3n) is 21.1. The van der Waals surface area contributed by atoms with Gasteiger partial charge in [-0.1, -0.05) is 279 Å². The smallest absolute Gasteiger partial charge is 0.0296 e. The van der Waals surface area contributed by atoms with Gasteiger partial charge in [-0.05, 0) is 239 Å². The van der Waals surface area contributed by atoms with Crippen molar-refractivity contribution in [2.24, 2.45) is 0 Å². The lowest BCUT2D eigenvalue weighted by atomic mass is 9.74. The Hall–Kier alpha value is -10.9. The molecule has 4 aliphatic rings. The Bertz CT molecular complexity index is 5120. The van der Waals surface area contributed by atoms with E-state index in [-0.39, 0.29) is 10.8 Å². The SMILES string of the molecule is C(=C(c1ccccc1)c1ccccc1)c1ccc(-c2c3ccccc3c(-c3cc(-c4ccc5c(c4)C4(Cc6cc7ccccc7cc6C4)c4ccccc4-5)cc(-c4ccc5c(c4)C4(Cc6cc7ccccc7cc6C4)c4ccccc4-5)c3)c3ccccc23)cc1. The van der Waals surface area contributed by atoms with E-state index in [1.165, 1.54) is 171 Å². The van der Waals surface area contributed by atoms with Crippen molar-refractivity contribution < 1.29 is 0 Å². The lowest BCUT2D eigenvalue weighted by Crippen LogP contribution is -2.25. The summed E-state index contributed by atoms with van der Waals surface area (Å²) in [6.07, 6.45) is 6.27. The molecule has 15 aromatic rings. The fraction of sp³-hybridized carbons (Fsp3) is 0.0667. The second-order valence-electron chi connectivity index (χ2n) is 26.0. The van der Waals surface area contributed by atoms with Gasteiger partial charge in [0.2, 0.25) is 0 Å². The average Bonchev–Trinajstić information content (AvgIpc) is 1.55. The minimum atomic E-state index is -0.168. The molecule has 19 rings (SSSR count). The third-order valence-corrected chi connectivity index (χ3v) is 21.1. The van der Waals surface area contributed by atoms with E-state index in [0.29, 0.717) is 0 Å². The molecular weight excluding hydrogens is 1080 g/mol. The minimum absolute atomic E-state index is 0.168. The van der Waals surface area contributed by atoms with Gasteiger partial charge in [0.05, 0.1) is 0 Å². The van der Waals surface area contributed by atoms with E-state index >= 15 is 0 Å². The second-order valence-corrected chi connectivity index (χ2v) is 26.0. The molecule has 0 atom stereocenters. The van der Waals surface area contributed by atoms with Crippen LogP contribution in [0.5, 0.6) is 0 Å². The molecule has 0 heterocycles. The number of hydrogen-bond donors (Lipinski definition) is 0. The zero-order valence-corrected chi connectivity index (χ0v) is 49.9. The molecule has 0 fully saturated rings. The molecule has 420 valence electrons. The van der Waals surface area contributed by atoms with Crippen LogP contribution in [-0.4, -0.2) is 0 Å². The van der Waals surface area contributed by atoms with Crippen LogP contribution >= 0.6 is 0 Å². The lowest BCUT2D eigenvalue weighted by Gasteiger charge is -2.27. The van der Waals surface area contributed by atoms with E-state index in [0.717, 1.165) is 31.2 Å². The molecule has 0 unspecified atom stereocenters. The van der Waals surface area contributed by atoms with Crippen molar-refractivity contribution in [2.45, 2.75) is 36.5 Å². The quantitative estimate of drug-likeness (QED) is 0.110. The fourth-order valence-corrected chi connectivity index (χ4v) is 17.1. The molecule has 0 saturated carbocycles. The van der Waals surface area contributed by atoms with E-state index in [4.69, 9.17) is 0 Å². The van der Waals surface area contributed by atoms with Gasteiger partial charge in [0.15, 0.2) is 0 Å². The van der Waals surface area contributed by atoms with Crippen molar-refractivity contribution in [3.8, 4) is 66.8 Å². The van der Waals surface area contributed by atoms with Crippen molar-refractivity contribution >= 4 is 54.7 Å². The van der Waals surface area contributed by atoms with Crippen LogP contribution in [0.3, 0.4) is 0 Å².